The molecular formula is C42H27NO3. The minimum Gasteiger partial charge on any atom is -0.484 e. The van der Waals surface area contributed by atoms with E-state index in [1.807, 2.05) is 12.1 Å². The van der Waals surface area contributed by atoms with Crippen LogP contribution in [0.1, 0.15) is 11.5 Å². The largest absolute Gasteiger partial charge is 0.484 e. The molecule has 1 aliphatic carbocycles. The lowest BCUT2D eigenvalue weighted by Crippen LogP contribution is -2.24. The standard InChI is InChI=1S/C42H27NO3/c1-2-8-28-23-30(18-13-26(28)7-1)43(29-16-14-27(15-17-29)38-25-40-37(45-38)21-22-44-40)31-19-20-36-39(24-31)46-42-35-12-6-4-10-33(35)32-9-3-5-11-34(32)41(36)42/h1-25,36,39H. The monoisotopic (exact) mass is 593 g/mol. The highest BCUT2D eigenvalue weighted by molar-refractivity contribution is 6.13. The molecule has 218 valence electrons. The highest BCUT2D eigenvalue weighted by atomic mass is 16.5. The van der Waals surface area contributed by atoms with E-state index in [2.05, 4.69) is 138 Å². The van der Waals surface area contributed by atoms with Crippen molar-refractivity contribution >= 4 is 54.9 Å². The molecule has 2 aromatic heterocycles. The van der Waals surface area contributed by atoms with Crippen molar-refractivity contribution in [2.45, 2.75) is 12.0 Å². The van der Waals surface area contributed by atoms with E-state index in [-0.39, 0.29) is 12.0 Å². The maximum Gasteiger partial charge on any atom is 0.173 e. The van der Waals surface area contributed by atoms with Crippen LogP contribution in [-0.2, 0) is 0 Å². The van der Waals surface area contributed by atoms with Crippen molar-refractivity contribution in [1.82, 2.24) is 0 Å². The van der Waals surface area contributed by atoms with Crippen LogP contribution in [0, 0.1) is 0 Å². The summed E-state index contributed by atoms with van der Waals surface area (Å²) in [5.41, 5.74) is 6.98. The zero-order chi connectivity index (χ0) is 30.2. The van der Waals surface area contributed by atoms with Gasteiger partial charge in [-0.3, -0.25) is 0 Å². The highest BCUT2D eigenvalue weighted by Crippen LogP contribution is 2.51. The molecule has 2 atom stereocenters. The maximum absolute atomic E-state index is 6.88. The first-order valence-electron chi connectivity index (χ1n) is 15.6. The van der Waals surface area contributed by atoms with E-state index in [4.69, 9.17) is 13.6 Å². The molecule has 0 fully saturated rings. The second kappa shape index (κ2) is 9.75. The van der Waals surface area contributed by atoms with E-state index in [0.29, 0.717) is 0 Å². The third kappa shape index (κ3) is 3.80. The normalized spacial score (nSPS) is 16.9. The van der Waals surface area contributed by atoms with E-state index in [0.717, 1.165) is 45.3 Å². The minimum absolute atomic E-state index is 0.120. The van der Waals surface area contributed by atoms with Gasteiger partial charge in [0.15, 0.2) is 11.2 Å². The number of benzene rings is 6. The van der Waals surface area contributed by atoms with Gasteiger partial charge in [-0.1, -0.05) is 84.9 Å². The number of hydrogen-bond acceptors (Lipinski definition) is 4. The fraction of sp³-hybridized carbons (Fsp3) is 0.0476. The Morgan fingerprint density at radius 1 is 0.587 bits per heavy atom. The average Bonchev–Trinajstić information content (AvgIpc) is 3.83. The molecule has 0 radical (unpaired) electrons. The van der Waals surface area contributed by atoms with Crippen LogP contribution in [0.5, 0.6) is 5.75 Å². The number of allylic oxidation sites excluding steroid dienone is 1. The number of ether oxygens (including phenoxy) is 1. The van der Waals surface area contributed by atoms with Gasteiger partial charge in [0.25, 0.3) is 0 Å². The number of rotatable bonds is 4. The van der Waals surface area contributed by atoms with Crippen LogP contribution < -0.4 is 9.64 Å². The molecule has 1 aliphatic heterocycles. The van der Waals surface area contributed by atoms with Gasteiger partial charge in [0, 0.05) is 51.6 Å². The zero-order valence-corrected chi connectivity index (χ0v) is 24.8. The van der Waals surface area contributed by atoms with Crippen molar-refractivity contribution in [3.05, 3.63) is 163 Å². The Morgan fingerprint density at radius 3 is 2.13 bits per heavy atom. The summed E-state index contributed by atoms with van der Waals surface area (Å²) in [5, 5.41) is 7.33. The minimum atomic E-state index is -0.120. The maximum atomic E-state index is 6.88. The second-order valence-electron chi connectivity index (χ2n) is 12.1. The molecule has 46 heavy (non-hydrogen) atoms. The Hall–Kier alpha value is -6.00. The first-order valence-corrected chi connectivity index (χ1v) is 15.6. The Balaban J connectivity index is 1.09. The Morgan fingerprint density at radius 2 is 1.30 bits per heavy atom. The molecular weight excluding hydrogens is 566 g/mol. The zero-order valence-electron chi connectivity index (χ0n) is 24.8. The molecule has 4 nitrogen and oxygen atoms in total. The molecule has 0 bridgehead atoms. The van der Waals surface area contributed by atoms with Gasteiger partial charge in [0.2, 0.25) is 0 Å². The summed E-state index contributed by atoms with van der Waals surface area (Å²) in [7, 11) is 0. The molecule has 2 aliphatic rings. The fourth-order valence-electron chi connectivity index (χ4n) is 7.33. The lowest BCUT2D eigenvalue weighted by molar-refractivity contribution is 0.270. The number of furan rings is 2. The van der Waals surface area contributed by atoms with Gasteiger partial charge in [0.05, 0.1) is 6.26 Å². The first kappa shape index (κ1) is 25.3. The number of hydrogen-bond donors (Lipinski definition) is 0. The van der Waals surface area contributed by atoms with E-state index >= 15 is 0 Å². The summed E-state index contributed by atoms with van der Waals surface area (Å²) < 4.78 is 18.4. The molecule has 3 heterocycles. The van der Waals surface area contributed by atoms with Crippen LogP contribution in [-0.4, -0.2) is 6.10 Å². The molecule has 0 spiro atoms. The lowest BCUT2D eigenvalue weighted by atomic mass is 9.85. The van der Waals surface area contributed by atoms with Crippen LogP contribution in [0.15, 0.2) is 166 Å². The van der Waals surface area contributed by atoms with E-state index < -0.39 is 0 Å². The van der Waals surface area contributed by atoms with Gasteiger partial charge < -0.3 is 18.5 Å². The molecule has 0 N–H and O–H groups in total. The van der Waals surface area contributed by atoms with E-state index in [9.17, 15) is 0 Å². The summed E-state index contributed by atoms with van der Waals surface area (Å²) in [5.74, 6) is 1.91. The molecule has 6 aromatic carbocycles. The van der Waals surface area contributed by atoms with Crippen molar-refractivity contribution < 1.29 is 13.6 Å². The third-order valence-electron chi connectivity index (χ3n) is 9.47. The number of nitrogens with zero attached hydrogens (tertiary/aromatic N) is 1. The van der Waals surface area contributed by atoms with Crippen LogP contribution in [0.3, 0.4) is 0 Å². The Labute approximate surface area is 265 Å². The molecule has 4 heteroatoms. The van der Waals surface area contributed by atoms with E-state index in [1.54, 1.807) is 6.26 Å². The fourth-order valence-corrected chi connectivity index (χ4v) is 7.33. The molecule has 0 saturated carbocycles. The Kier molecular flexibility index (Phi) is 5.37. The van der Waals surface area contributed by atoms with Crippen molar-refractivity contribution in [3.8, 4) is 17.1 Å². The molecule has 2 unspecified atom stereocenters. The number of fused-ring (bicyclic) bond motifs is 10. The smallest absolute Gasteiger partial charge is 0.173 e. The van der Waals surface area contributed by atoms with E-state index in [1.165, 1.54) is 37.9 Å². The summed E-state index contributed by atoms with van der Waals surface area (Å²) in [4.78, 5) is 2.32. The molecule has 10 rings (SSSR count). The highest BCUT2D eigenvalue weighted by Gasteiger charge is 2.37. The quantitative estimate of drug-likeness (QED) is 0.190. The first-order chi connectivity index (χ1) is 22.8. The van der Waals surface area contributed by atoms with Gasteiger partial charge in [-0.25, -0.2) is 0 Å². The Bertz CT molecular complexity index is 2500. The van der Waals surface area contributed by atoms with Gasteiger partial charge in [-0.15, -0.1) is 0 Å². The molecule has 8 aromatic rings. The summed E-state index contributed by atoms with van der Waals surface area (Å²) >= 11 is 0. The predicted molar refractivity (Wildman–Crippen MR) is 186 cm³/mol. The van der Waals surface area contributed by atoms with Crippen molar-refractivity contribution in [2.24, 2.45) is 0 Å². The summed E-state index contributed by atoms with van der Waals surface area (Å²) in [6, 6.07) is 44.8. The average molecular weight is 594 g/mol. The molecule has 0 amide bonds. The second-order valence-corrected chi connectivity index (χ2v) is 12.1. The predicted octanol–water partition coefficient (Wildman–Crippen LogP) is 11.3. The van der Waals surface area contributed by atoms with Gasteiger partial charge >= 0.3 is 0 Å². The SMILES string of the molecule is C1=CC2c3c(c4ccccc4c4ccccc34)OC2C=C1N(c1ccc(-c2cc3occc3o2)cc1)c1ccc2ccccc2c1. The van der Waals surface area contributed by atoms with Crippen LogP contribution in [0.2, 0.25) is 0 Å². The van der Waals surface area contributed by atoms with Crippen molar-refractivity contribution in [2.75, 3.05) is 4.90 Å². The lowest BCUT2D eigenvalue weighted by Gasteiger charge is -2.30. The van der Waals surface area contributed by atoms with Gasteiger partial charge in [-0.2, -0.15) is 0 Å². The summed E-state index contributed by atoms with van der Waals surface area (Å²) in [6.45, 7) is 0. The molecule has 0 saturated heterocycles. The van der Waals surface area contributed by atoms with Crippen LogP contribution in [0.25, 0.3) is 54.8 Å². The van der Waals surface area contributed by atoms with Crippen molar-refractivity contribution in [3.63, 3.8) is 0 Å². The van der Waals surface area contributed by atoms with Crippen molar-refractivity contribution in [1.29, 1.82) is 0 Å². The third-order valence-corrected chi connectivity index (χ3v) is 9.47. The van der Waals surface area contributed by atoms with Gasteiger partial charge in [0.1, 0.15) is 17.6 Å². The van der Waals surface area contributed by atoms with Crippen LogP contribution >= 0.6 is 0 Å². The van der Waals surface area contributed by atoms with Gasteiger partial charge in [-0.05, 0) is 75.5 Å². The summed E-state index contributed by atoms with van der Waals surface area (Å²) in [6.07, 6.45) is 8.40. The van der Waals surface area contributed by atoms with Crippen LogP contribution in [0.4, 0.5) is 11.4 Å². The topological polar surface area (TPSA) is 38.8 Å². The number of anilines is 2.